The fraction of sp³-hybridized carbons (Fsp3) is 0.692. The molecule has 0 aromatic rings. The van der Waals surface area contributed by atoms with Crippen LogP contribution in [0.4, 0.5) is 0 Å². The first kappa shape index (κ1) is 11.7. The van der Waals surface area contributed by atoms with Gasteiger partial charge in [-0.3, -0.25) is 0 Å². The van der Waals surface area contributed by atoms with E-state index < -0.39 is 23.8 Å². The Morgan fingerprint density at radius 1 is 1.56 bits per heavy atom. The number of hydrogen-bond donors (Lipinski definition) is 0. The highest BCUT2D eigenvalue weighted by atomic mass is 16.8. The zero-order chi connectivity index (χ0) is 12.8. The summed E-state index contributed by atoms with van der Waals surface area (Å²) in [5.41, 5.74) is 0. The fourth-order valence-electron chi connectivity index (χ4n) is 3.37. The highest BCUT2D eigenvalue weighted by molar-refractivity contribution is 5.82. The number of carbonyl (C=O) groups is 2. The van der Waals surface area contributed by atoms with Gasteiger partial charge in [0.15, 0.2) is 6.10 Å². The van der Waals surface area contributed by atoms with E-state index in [2.05, 4.69) is 6.58 Å². The Morgan fingerprint density at radius 2 is 2.39 bits per heavy atom. The summed E-state index contributed by atoms with van der Waals surface area (Å²) in [7, 11) is 0. The molecule has 3 rings (SSSR count). The predicted octanol–water partition coefficient (Wildman–Crippen LogP) is 1.17. The van der Waals surface area contributed by atoms with Gasteiger partial charge in [-0.1, -0.05) is 6.58 Å². The van der Waals surface area contributed by atoms with Crippen LogP contribution in [-0.2, 0) is 23.8 Å². The van der Waals surface area contributed by atoms with Gasteiger partial charge in [0, 0.05) is 18.4 Å². The van der Waals surface area contributed by atoms with E-state index in [1.165, 1.54) is 6.42 Å². The van der Waals surface area contributed by atoms with E-state index in [0.29, 0.717) is 11.8 Å². The van der Waals surface area contributed by atoms with Crippen molar-refractivity contribution in [2.24, 2.45) is 11.8 Å². The van der Waals surface area contributed by atoms with E-state index in [9.17, 15) is 9.59 Å². The lowest BCUT2D eigenvalue weighted by molar-refractivity contribution is -0.205. The number of carbonyl (C=O) groups excluding carboxylic acids is 2. The van der Waals surface area contributed by atoms with Crippen LogP contribution in [0.5, 0.6) is 0 Å². The van der Waals surface area contributed by atoms with Gasteiger partial charge in [0.2, 0.25) is 5.79 Å². The maximum absolute atomic E-state index is 11.7. The van der Waals surface area contributed by atoms with Gasteiger partial charge in [-0.25, -0.2) is 9.59 Å². The van der Waals surface area contributed by atoms with Gasteiger partial charge in [-0.05, 0) is 25.2 Å². The van der Waals surface area contributed by atoms with Crippen LogP contribution in [0.25, 0.3) is 0 Å². The molecule has 0 N–H and O–H groups in total. The number of esters is 2. The summed E-state index contributed by atoms with van der Waals surface area (Å²) >= 11 is 0. The minimum atomic E-state index is -0.784. The lowest BCUT2D eigenvalue weighted by atomic mass is 9.94. The van der Waals surface area contributed by atoms with E-state index in [1.54, 1.807) is 0 Å². The average molecular weight is 252 g/mol. The minimum Gasteiger partial charge on any atom is -0.459 e. The molecule has 0 aromatic heterocycles. The van der Waals surface area contributed by atoms with Crippen LogP contribution >= 0.6 is 0 Å². The van der Waals surface area contributed by atoms with Gasteiger partial charge in [-0.2, -0.15) is 0 Å². The first-order valence-corrected chi connectivity index (χ1v) is 6.33. The molecule has 3 fully saturated rings. The highest BCUT2D eigenvalue weighted by Crippen LogP contribution is 2.55. The summed E-state index contributed by atoms with van der Waals surface area (Å²) in [6.45, 7) is 3.20. The molecule has 1 aliphatic heterocycles. The zero-order valence-electron chi connectivity index (χ0n) is 10.1. The first-order chi connectivity index (χ1) is 8.63. The molecule has 0 radical (unpaired) electrons. The van der Waals surface area contributed by atoms with Gasteiger partial charge in [-0.15, -0.1) is 0 Å². The van der Waals surface area contributed by atoms with Gasteiger partial charge < -0.3 is 14.2 Å². The highest BCUT2D eigenvalue weighted by Gasteiger charge is 2.60. The molecular weight excluding hydrogens is 236 g/mol. The van der Waals surface area contributed by atoms with Crippen LogP contribution in [0.3, 0.4) is 0 Å². The molecule has 4 unspecified atom stereocenters. The predicted molar refractivity (Wildman–Crippen MR) is 60.3 cm³/mol. The van der Waals surface area contributed by atoms with Crippen LogP contribution in [-0.4, -0.2) is 30.4 Å². The van der Waals surface area contributed by atoms with Crippen LogP contribution < -0.4 is 0 Å². The van der Waals surface area contributed by atoms with Crippen molar-refractivity contribution in [2.45, 2.75) is 37.6 Å². The quantitative estimate of drug-likeness (QED) is 0.557. The van der Waals surface area contributed by atoms with Crippen LogP contribution in [0.1, 0.15) is 25.7 Å². The number of ether oxygens (including phenoxy) is 3. The molecule has 2 saturated carbocycles. The largest absolute Gasteiger partial charge is 0.459 e. The van der Waals surface area contributed by atoms with E-state index in [1.807, 2.05) is 0 Å². The van der Waals surface area contributed by atoms with Crippen LogP contribution in [0.15, 0.2) is 12.7 Å². The van der Waals surface area contributed by atoms with Gasteiger partial charge >= 0.3 is 11.9 Å². The summed E-state index contributed by atoms with van der Waals surface area (Å²) < 4.78 is 16.1. The summed E-state index contributed by atoms with van der Waals surface area (Å²) in [6.07, 6.45) is 4.39. The van der Waals surface area contributed by atoms with Gasteiger partial charge in [0.25, 0.3) is 0 Å². The average Bonchev–Trinajstić information content (AvgIpc) is 3.01. The van der Waals surface area contributed by atoms with Crippen molar-refractivity contribution in [3.63, 3.8) is 0 Å². The second-order valence-corrected chi connectivity index (χ2v) is 5.25. The van der Waals surface area contributed by atoms with E-state index in [-0.39, 0.29) is 6.61 Å². The lowest BCUT2D eigenvalue weighted by Gasteiger charge is -2.30. The Labute approximate surface area is 105 Å². The molecule has 98 valence electrons. The second kappa shape index (κ2) is 4.09. The number of fused-ring (bicyclic) bond motifs is 3. The van der Waals surface area contributed by atoms with Crippen molar-refractivity contribution in [3.8, 4) is 0 Å². The third-order valence-corrected chi connectivity index (χ3v) is 4.16. The fourth-order valence-corrected chi connectivity index (χ4v) is 3.37. The van der Waals surface area contributed by atoms with Gasteiger partial charge in [0.1, 0.15) is 6.61 Å². The maximum atomic E-state index is 11.7. The summed E-state index contributed by atoms with van der Waals surface area (Å²) in [6, 6.07) is 0. The summed E-state index contributed by atoms with van der Waals surface area (Å²) in [5.74, 6) is -0.783. The topological polar surface area (TPSA) is 61.8 Å². The van der Waals surface area contributed by atoms with Crippen molar-refractivity contribution in [1.82, 2.24) is 0 Å². The van der Waals surface area contributed by atoms with Crippen molar-refractivity contribution in [2.75, 3.05) is 6.61 Å². The Balaban J connectivity index is 1.64. The number of rotatable bonds is 3. The zero-order valence-corrected chi connectivity index (χ0v) is 10.1. The Hall–Kier alpha value is -1.36. The third kappa shape index (κ3) is 1.73. The Kier molecular flexibility index (Phi) is 2.66. The SMILES string of the molecule is C=CC(=O)OCC1OC2(CC3CCC2C3)OC1=O. The van der Waals surface area contributed by atoms with Gasteiger partial charge in [0.05, 0.1) is 0 Å². The standard InChI is InChI=1S/C13H16O5/c1-2-11(14)16-7-10-12(15)18-13(17-10)6-8-3-4-9(13)5-8/h2,8-10H,1,3-7H2. The smallest absolute Gasteiger partial charge is 0.341 e. The molecule has 4 atom stereocenters. The molecule has 1 spiro atoms. The normalized spacial score (nSPS) is 41.1. The maximum Gasteiger partial charge on any atom is 0.341 e. The molecule has 2 aliphatic carbocycles. The molecule has 3 aliphatic rings. The van der Waals surface area contributed by atoms with Crippen LogP contribution in [0, 0.1) is 11.8 Å². The van der Waals surface area contributed by atoms with E-state index >= 15 is 0 Å². The molecule has 1 saturated heterocycles. The first-order valence-electron chi connectivity index (χ1n) is 6.33. The van der Waals surface area contributed by atoms with Crippen molar-refractivity contribution >= 4 is 11.9 Å². The molecule has 18 heavy (non-hydrogen) atoms. The molecule has 0 aromatic carbocycles. The minimum absolute atomic E-state index is 0.0944. The lowest BCUT2D eigenvalue weighted by Crippen LogP contribution is -2.37. The summed E-state index contributed by atoms with van der Waals surface area (Å²) in [4.78, 5) is 22.7. The Morgan fingerprint density at radius 3 is 3.00 bits per heavy atom. The number of hydrogen-bond acceptors (Lipinski definition) is 5. The van der Waals surface area contributed by atoms with E-state index in [4.69, 9.17) is 14.2 Å². The second-order valence-electron chi connectivity index (χ2n) is 5.25. The third-order valence-electron chi connectivity index (χ3n) is 4.16. The molecular formula is C13H16O5. The van der Waals surface area contributed by atoms with Crippen LogP contribution in [0.2, 0.25) is 0 Å². The molecule has 1 heterocycles. The van der Waals surface area contributed by atoms with E-state index in [0.717, 1.165) is 25.3 Å². The molecule has 2 bridgehead atoms. The summed E-state index contributed by atoms with van der Waals surface area (Å²) in [5, 5.41) is 0. The Bertz CT molecular complexity index is 404. The monoisotopic (exact) mass is 252 g/mol. The van der Waals surface area contributed by atoms with Crippen molar-refractivity contribution in [3.05, 3.63) is 12.7 Å². The molecule has 5 nitrogen and oxygen atoms in total. The van der Waals surface area contributed by atoms with Crippen molar-refractivity contribution < 1.29 is 23.8 Å². The molecule has 0 amide bonds. The van der Waals surface area contributed by atoms with Crippen molar-refractivity contribution in [1.29, 1.82) is 0 Å². The molecule has 5 heteroatoms.